The average molecular weight is 208 g/mol. The van der Waals surface area contributed by atoms with Gasteiger partial charge in [-0.1, -0.05) is 30.3 Å². The average Bonchev–Trinajstić information content (AvgIpc) is 2.27. The molecule has 0 saturated carbocycles. The van der Waals surface area contributed by atoms with Crippen LogP contribution in [0, 0.1) is 0 Å². The van der Waals surface area contributed by atoms with Crippen LogP contribution >= 0.6 is 0 Å². The fourth-order valence-corrected chi connectivity index (χ4v) is 1.19. The highest BCUT2D eigenvalue weighted by molar-refractivity contribution is 5.81. The van der Waals surface area contributed by atoms with E-state index in [-0.39, 0.29) is 12.5 Å². The predicted molar refractivity (Wildman–Crippen MR) is 58.0 cm³/mol. The van der Waals surface area contributed by atoms with Gasteiger partial charge in [-0.2, -0.15) is 0 Å². The minimum Gasteiger partial charge on any atom is -0.396 e. The molecule has 1 aromatic carbocycles. The van der Waals surface area contributed by atoms with Crippen molar-refractivity contribution in [1.29, 1.82) is 0 Å². The van der Waals surface area contributed by atoms with Crippen LogP contribution in [0.5, 0.6) is 0 Å². The second-order valence-corrected chi connectivity index (χ2v) is 3.32. The third-order valence-corrected chi connectivity index (χ3v) is 2.09. The van der Waals surface area contributed by atoms with Gasteiger partial charge in [-0.05, 0) is 12.0 Å². The molecule has 1 aromatic rings. The number of nitrogens with two attached hydrogens (primary N) is 1. The number of carbonyl (C=O) groups excluding carboxylic acids is 1. The lowest BCUT2D eigenvalue weighted by Crippen LogP contribution is -2.40. The van der Waals surface area contributed by atoms with Crippen molar-refractivity contribution in [3.8, 4) is 0 Å². The summed E-state index contributed by atoms with van der Waals surface area (Å²) < 4.78 is 0. The third-order valence-electron chi connectivity index (χ3n) is 2.09. The van der Waals surface area contributed by atoms with E-state index in [1.807, 2.05) is 30.3 Å². The molecule has 0 aliphatic carbocycles. The molecule has 0 unspecified atom stereocenters. The molecule has 0 radical (unpaired) electrons. The molecule has 1 atom stereocenters. The number of nitrogens with one attached hydrogen (secondary N) is 1. The summed E-state index contributed by atoms with van der Waals surface area (Å²) in [5, 5.41) is 11.3. The van der Waals surface area contributed by atoms with Crippen molar-refractivity contribution in [2.75, 3.05) is 6.61 Å². The zero-order chi connectivity index (χ0) is 11.1. The maximum absolute atomic E-state index is 11.4. The lowest BCUT2D eigenvalue weighted by atomic mass is 10.2. The first-order chi connectivity index (χ1) is 7.24. The van der Waals surface area contributed by atoms with Crippen molar-refractivity contribution in [2.45, 2.75) is 19.0 Å². The lowest BCUT2D eigenvalue weighted by molar-refractivity contribution is -0.122. The first-order valence-electron chi connectivity index (χ1n) is 4.92. The summed E-state index contributed by atoms with van der Waals surface area (Å²) >= 11 is 0. The van der Waals surface area contributed by atoms with Crippen molar-refractivity contribution >= 4 is 5.91 Å². The van der Waals surface area contributed by atoms with Gasteiger partial charge in [0.25, 0.3) is 0 Å². The van der Waals surface area contributed by atoms with Crippen LogP contribution in [0.4, 0.5) is 0 Å². The van der Waals surface area contributed by atoms with E-state index in [1.165, 1.54) is 0 Å². The molecule has 15 heavy (non-hydrogen) atoms. The topological polar surface area (TPSA) is 75.3 Å². The van der Waals surface area contributed by atoms with Gasteiger partial charge in [0.15, 0.2) is 0 Å². The molecule has 0 aliphatic rings. The van der Waals surface area contributed by atoms with Crippen molar-refractivity contribution in [3.05, 3.63) is 35.9 Å². The van der Waals surface area contributed by atoms with E-state index >= 15 is 0 Å². The summed E-state index contributed by atoms with van der Waals surface area (Å²) in [6.45, 7) is 0.402. The maximum Gasteiger partial charge on any atom is 0.237 e. The Hall–Kier alpha value is -1.39. The van der Waals surface area contributed by atoms with Crippen LogP contribution in [0.15, 0.2) is 30.3 Å². The number of carbonyl (C=O) groups is 1. The smallest absolute Gasteiger partial charge is 0.237 e. The first kappa shape index (κ1) is 11.7. The van der Waals surface area contributed by atoms with Gasteiger partial charge in [-0.3, -0.25) is 4.79 Å². The second kappa shape index (κ2) is 6.16. The van der Waals surface area contributed by atoms with Crippen LogP contribution < -0.4 is 11.1 Å². The monoisotopic (exact) mass is 208 g/mol. The van der Waals surface area contributed by atoms with Gasteiger partial charge in [0.05, 0.1) is 6.04 Å². The van der Waals surface area contributed by atoms with Gasteiger partial charge in [-0.15, -0.1) is 0 Å². The second-order valence-electron chi connectivity index (χ2n) is 3.32. The Labute approximate surface area is 89.1 Å². The van der Waals surface area contributed by atoms with Crippen molar-refractivity contribution in [1.82, 2.24) is 5.32 Å². The predicted octanol–water partition coefficient (Wildman–Crippen LogP) is 0.0125. The molecule has 82 valence electrons. The Morgan fingerprint density at radius 2 is 2.07 bits per heavy atom. The maximum atomic E-state index is 11.4. The number of aliphatic hydroxyl groups is 1. The molecule has 1 rings (SSSR count). The fraction of sp³-hybridized carbons (Fsp3) is 0.364. The Balaban J connectivity index is 2.34. The van der Waals surface area contributed by atoms with Crippen LogP contribution in [-0.2, 0) is 11.3 Å². The van der Waals surface area contributed by atoms with Gasteiger partial charge in [0.1, 0.15) is 0 Å². The summed E-state index contributed by atoms with van der Waals surface area (Å²) in [6.07, 6.45) is 0.292. The molecule has 0 saturated heterocycles. The van der Waals surface area contributed by atoms with Crippen LogP contribution in [0.2, 0.25) is 0 Å². The van der Waals surface area contributed by atoms with Crippen LogP contribution in [0.3, 0.4) is 0 Å². The molecule has 4 nitrogen and oxygen atoms in total. The molecule has 0 spiro atoms. The molecule has 0 fully saturated rings. The zero-order valence-electron chi connectivity index (χ0n) is 8.52. The van der Waals surface area contributed by atoms with Gasteiger partial charge in [0.2, 0.25) is 5.91 Å². The highest BCUT2D eigenvalue weighted by atomic mass is 16.3. The lowest BCUT2D eigenvalue weighted by Gasteiger charge is -2.10. The Morgan fingerprint density at radius 1 is 1.40 bits per heavy atom. The number of benzene rings is 1. The third kappa shape index (κ3) is 4.10. The van der Waals surface area contributed by atoms with Crippen molar-refractivity contribution in [3.63, 3.8) is 0 Å². The molecular formula is C11H16N2O2. The normalized spacial score (nSPS) is 12.1. The van der Waals surface area contributed by atoms with Gasteiger partial charge < -0.3 is 16.2 Å². The van der Waals surface area contributed by atoms with E-state index in [9.17, 15) is 4.79 Å². The Kier molecular flexibility index (Phi) is 4.80. The first-order valence-corrected chi connectivity index (χ1v) is 4.92. The van der Waals surface area contributed by atoms with Crippen LogP contribution in [-0.4, -0.2) is 23.7 Å². The highest BCUT2D eigenvalue weighted by Gasteiger charge is 2.11. The minimum absolute atomic E-state index is 0.0695. The zero-order valence-corrected chi connectivity index (χ0v) is 8.52. The summed E-state index contributed by atoms with van der Waals surface area (Å²) in [7, 11) is 0. The minimum atomic E-state index is -0.626. The molecular weight excluding hydrogens is 192 g/mol. The van der Waals surface area contributed by atoms with Crippen LogP contribution in [0.25, 0.3) is 0 Å². The summed E-state index contributed by atoms with van der Waals surface area (Å²) in [5.74, 6) is -0.229. The largest absolute Gasteiger partial charge is 0.396 e. The molecule has 0 heterocycles. The van der Waals surface area contributed by atoms with E-state index in [2.05, 4.69) is 5.32 Å². The quantitative estimate of drug-likeness (QED) is 0.638. The van der Waals surface area contributed by atoms with E-state index in [4.69, 9.17) is 10.8 Å². The SMILES string of the molecule is N[C@H](CCO)C(=O)NCc1ccccc1. The number of hydrogen-bond donors (Lipinski definition) is 3. The summed E-state index contributed by atoms with van der Waals surface area (Å²) in [4.78, 5) is 11.4. The van der Waals surface area contributed by atoms with Gasteiger partial charge >= 0.3 is 0 Å². The molecule has 0 bridgehead atoms. The van der Waals surface area contributed by atoms with E-state index in [0.29, 0.717) is 13.0 Å². The molecule has 0 aliphatic heterocycles. The molecule has 0 aromatic heterocycles. The standard InChI is InChI=1S/C11H16N2O2/c12-10(6-7-14)11(15)13-8-9-4-2-1-3-5-9/h1-5,10,14H,6-8,12H2,(H,13,15)/t10-/m1/s1. The number of hydrogen-bond acceptors (Lipinski definition) is 3. The van der Waals surface area contributed by atoms with Gasteiger partial charge in [-0.25, -0.2) is 0 Å². The van der Waals surface area contributed by atoms with Gasteiger partial charge in [0, 0.05) is 13.2 Å². The summed E-state index contributed by atoms with van der Waals surface area (Å²) in [6, 6.07) is 8.97. The van der Waals surface area contributed by atoms with Crippen LogP contribution in [0.1, 0.15) is 12.0 Å². The Morgan fingerprint density at radius 3 is 2.67 bits per heavy atom. The number of amides is 1. The Bertz CT molecular complexity index is 301. The molecule has 4 N–H and O–H groups in total. The summed E-state index contributed by atoms with van der Waals surface area (Å²) in [5.41, 5.74) is 6.55. The van der Waals surface area contributed by atoms with E-state index in [0.717, 1.165) is 5.56 Å². The van der Waals surface area contributed by atoms with Crippen molar-refractivity contribution < 1.29 is 9.90 Å². The van der Waals surface area contributed by atoms with E-state index < -0.39 is 6.04 Å². The van der Waals surface area contributed by atoms with Crippen molar-refractivity contribution in [2.24, 2.45) is 5.73 Å². The number of rotatable bonds is 5. The highest BCUT2D eigenvalue weighted by Crippen LogP contribution is 1.97. The fourth-order valence-electron chi connectivity index (χ4n) is 1.19. The number of aliphatic hydroxyl groups excluding tert-OH is 1. The molecule has 4 heteroatoms. The van der Waals surface area contributed by atoms with E-state index in [1.54, 1.807) is 0 Å². The molecule has 1 amide bonds.